The molecular formula is C20H21ClN4O2S. The molecule has 8 heteroatoms. The lowest BCUT2D eigenvalue weighted by atomic mass is 9.82. The molecule has 6 nitrogen and oxygen atoms in total. The average molecular weight is 417 g/mol. The van der Waals surface area contributed by atoms with E-state index in [0.717, 1.165) is 25.2 Å². The third kappa shape index (κ3) is 2.93. The lowest BCUT2D eigenvalue weighted by Crippen LogP contribution is -2.38. The van der Waals surface area contributed by atoms with E-state index in [-0.39, 0.29) is 23.8 Å². The average Bonchev–Trinajstić information content (AvgIpc) is 3.43. The Labute approximate surface area is 171 Å². The van der Waals surface area contributed by atoms with Gasteiger partial charge < -0.3 is 10.0 Å². The number of nitrogens with zero attached hydrogens (tertiary/aromatic N) is 4. The van der Waals surface area contributed by atoms with Crippen molar-refractivity contribution in [3.05, 3.63) is 57.5 Å². The Hall–Kier alpha value is -1.93. The van der Waals surface area contributed by atoms with Crippen LogP contribution in [-0.2, 0) is 6.54 Å². The van der Waals surface area contributed by atoms with Crippen LogP contribution in [0.15, 0.2) is 42.0 Å². The number of halogens is 1. The fourth-order valence-corrected chi connectivity index (χ4v) is 5.81. The molecule has 0 aliphatic carbocycles. The Balaban J connectivity index is 1.30. The first-order valence-electron chi connectivity index (χ1n) is 9.36. The standard InChI is InChI=1S/C20H21ClN4O2S/c21-17-3-6-28-18(17)19(27)24-10-15-9-23(11-20(15,12-24)13-26)8-14-2-5-25-16(7-14)1-4-22-25/h1-7,15,26H,8-13H2. The van der Waals surface area contributed by atoms with Gasteiger partial charge >= 0.3 is 0 Å². The molecule has 0 radical (unpaired) electrons. The number of hydrogen-bond acceptors (Lipinski definition) is 5. The Morgan fingerprint density at radius 1 is 1.32 bits per heavy atom. The van der Waals surface area contributed by atoms with E-state index in [1.54, 1.807) is 12.3 Å². The van der Waals surface area contributed by atoms with Gasteiger partial charge in [-0.1, -0.05) is 11.6 Å². The molecule has 0 saturated carbocycles. The number of carbonyl (C=O) groups excluding carboxylic acids is 1. The molecule has 5 heterocycles. The van der Waals surface area contributed by atoms with E-state index in [2.05, 4.69) is 22.1 Å². The van der Waals surface area contributed by atoms with E-state index in [9.17, 15) is 9.90 Å². The lowest BCUT2D eigenvalue weighted by molar-refractivity contribution is 0.0723. The molecule has 1 N–H and O–H groups in total. The Kier molecular flexibility index (Phi) is 4.43. The van der Waals surface area contributed by atoms with Crippen molar-refractivity contribution >= 4 is 34.4 Å². The van der Waals surface area contributed by atoms with Gasteiger partial charge in [-0.15, -0.1) is 11.3 Å². The maximum Gasteiger partial charge on any atom is 0.265 e. The number of rotatable bonds is 4. The third-order valence-corrected chi connectivity index (χ3v) is 7.44. The lowest BCUT2D eigenvalue weighted by Gasteiger charge is -2.27. The van der Waals surface area contributed by atoms with Crippen LogP contribution in [-0.4, -0.2) is 63.2 Å². The third-order valence-electron chi connectivity index (χ3n) is 6.11. The van der Waals surface area contributed by atoms with Crippen LogP contribution in [0, 0.1) is 11.3 Å². The molecule has 3 aromatic heterocycles. The van der Waals surface area contributed by atoms with Gasteiger partial charge in [0.25, 0.3) is 5.91 Å². The molecule has 2 fully saturated rings. The minimum atomic E-state index is -0.250. The van der Waals surface area contributed by atoms with E-state index >= 15 is 0 Å². The number of fused-ring (bicyclic) bond motifs is 2. The minimum Gasteiger partial charge on any atom is -0.396 e. The van der Waals surface area contributed by atoms with Crippen molar-refractivity contribution in [2.45, 2.75) is 6.54 Å². The fourth-order valence-electron chi connectivity index (χ4n) is 4.70. The quantitative estimate of drug-likeness (QED) is 0.710. The molecule has 0 bridgehead atoms. The summed E-state index contributed by atoms with van der Waals surface area (Å²) in [5, 5.41) is 16.8. The van der Waals surface area contributed by atoms with Crippen LogP contribution in [0.3, 0.4) is 0 Å². The first-order valence-corrected chi connectivity index (χ1v) is 10.6. The number of likely N-dealkylation sites (tertiary alicyclic amines) is 2. The summed E-state index contributed by atoms with van der Waals surface area (Å²) in [4.78, 5) is 17.7. The van der Waals surface area contributed by atoms with Gasteiger partial charge in [0, 0.05) is 50.5 Å². The number of aliphatic hydroxyl groups is 1. The largest absolute Gasteiger partial charge is 0.396 e. The molecule has 2 aliphatic rings. The SMILES string of the molecule is O=C(c1sccc1Cl)N1CC2CN(Cc3ccn4nccc4c3)CC2(CO)C1. The Morgan fingerprint density at radius 2 is 2.21 bits per heavy atom. The molecule has 2 saturated heterocycles. The summed E-state index contributed by atoms with van der Waals surface area (Å²) < 4.78 is 1.86. The van der Waals surface area contributed by atoms with Crippen LogP contribution in [0.5, 0.6) is 0 Å². The summed E-state index contributed by atoms with van der Waals surface area (Å²) >= 11 is 7.53. The second kappa shape index (κ2) is 6.84. The molecule has 2 aliphatic heterocycles. The van der Waals surface area contributed by atoms with Gasteiger partial charge in [0.05, 0.1) is 17.1 Å². The van der Waals surface area contributed by atoms with Crippen LogP contribution in [0.1, 0.15) is 15.2 Å². The molecule has 5 rings (SSSR count). The van der Waals surface area contributed by atoms with E-state index in [0.29, 0.717) is 23.0 Å². The van der Waals surface area contributed by atoms with Gasteiger partial charge in [0.1, 0.15) is 4.88 Å². The van der Waals surface area contributed by atoms with Crippen molar-refractivity contribution in [3.63, 3.8) is 0 Å². The van der Waals surface area contributed by atoms with Crippen molar-refractivity contribution in [1.82, 2.24) is 19.4 Å². The number of carbonyl (C=O) groups is 1. The molecule has 3 aromatic rings. The summed E-state index contributed by atoms with van der Waals surface area (Å²) in [6, 6.07) is 8.00. The minimum absolute atomic E-state index is 0.0139. The zero-order valence-corrected chi connectivity index (χ0v) is 16.9. The molecule has 2 atom stereocenters. The molecule has 0 aromatic carbocycles. The highest BCUT2D eigenvalue weighted by Gasteiger charge is 2.53. The predicted molar refractivity (Wildman–Crippen MR) is 109 cm³/mol. The van der Waals surface area contributed by atoms with Gasteiger partial charge in [0.2, 0.25) is 0 Å². The van der Waals surface area contributed by atoms with Crippen LogP contribution in [0.4, 0.5) is 0 Å². The van der Waals surface area contributed by atoms with Gasteiger partial charge in [-0.3, -0.25) is 9.69 Å². The monoisotopic (exact) mass is 416 g/mol. The van der Waals surface area contributed by atoms with Crippen molar-refractivity contribution in [3.8, 4) is 0 Å². The number of pyridine rings is 1. The van der Waals surface area contributed by atoms with Gasteiger partial charge in [0.15, 0.2) is 0 Å². The number of aromatic nitrogens is 2. The van der Waals surface area contributed by atoms with Gasteiger partial charge in [-0.25, -0.2) is 4.52 Å². The van der Waals surface area contributed by atoms with Crippen molar-refractivity contribution in [2.75, 3.05) is 32.8 Å². The van der Waals surface area contributed by atoms with Gasteiger partial charge in [-0.05, 0) is 41.1 Å². The van der Waals surface area contributed by atoms with Crippen LogP contribution in [0.25, 0.3) is 5.52 Å². The second-order valence-electron chi connectivity index (χ2n) is 7.91. The van der Waals surface area contributed by atoms with Gasteiger partial charge in [-0.2, -0.15) is 5.10 Å². The Morgan fingerprint density at radius 3 is 2.96 bits per heavy atom. The molecule has 1 amide bonds. The highest BCUT2D eigenvalue weighted by Crippen LogP contribution is 2.43. The number of thiophene rings is 1. The molecule has 28 heavy (non-hydrogen) atoms. The smallest absolute Gasteiger partial charge is 0.265 e. The van der Waals surface area contributed by atoms with Crippen LogP contribution in [0.2, 0.25) is 5.02 Å². The molecule has 146 valence electrons. The van der Waals surface area contributed by atoms with E-state index in [1.165, 1.54) is 16.9 Å². The van der Waals surface area contributed by atoms with Crippen LogP contribution < -0.4 is 0 Å². The number of hydrogen-bond donors (Lipinski definition) is 1. The summed E-state index contributed by atoms with van der Waals surface area (Å²) in [6.07, 6.45) is 3.78. The molecular weight excluding hydrogens is 396 g/mol. The summed E-state index contributed by atoms with van der Waals surface area (Å²) in [6.45, 7) is 3.86. The zero-order chi connectivity index (χ0) is 19.3. The number of amides is 1. The maximum atomic E-state index is 12.8. The zero-order valence-electron chi connectivity index (χ0n) is 15.3. The normalized spacial score (nSPS) is 24.9. The van der Waals surface area contributed by atoms with E-state index < -0.39 is 0 Å². The van der Waals surface area contributed by atoms with Crippen molar-refractivity contribution in [2.24, 2.45) is 11.3 Å². The predicted octanol–water partition coefficient (Wildman–Crippen LogP) is 2.62. The number of aliphatic hydroxyl groups excluding tert-OH is 1. The van der Waals surface area contributed by atoms with E-state index in [1.807, 2.05) is 27.1 Å². The Bertz CT molecular complexity index is 1030. The fraction of sp³-hybridized carbons (Fsp3) is 0.400. The highest BCUT2D eigenvalue weighted by molar-refractivity contribution is 7.12. The summed E-state index contributed by atoms with van der Waals surface area (Å²) in [7, 11) is 0. The van der Waals surface area contributed by atoms with E-state index in [4.69, 9.17) is 11.6 Å². The van der Waals surface area contributed by atoms with Crippen molar-refractivity contribution < 1.29 is 9.90 Å². The first kappa shape index (κ1) is 18.1. The topological polar surface area (TPSA) is 61.1 Å². The van der Waals surface area contributed by atoms with Crippen LogP contribution >= 0.6 is 22.9 Å². The highest BCUT2D eigenvalue weighted by atomic mass is 35.5. The maximum absolute atomic E-state index is 12.8. The molecule has 2 unspecified atom stereocenters. The molecule has 0 spiro atoms. The summed E-state index contributed by atoms with van der Waals surface area (Å²) in [5.74, 6) is 0.263. The first-order chi connectivity index (χ1) is 13.6. The van der Waals surface area contributed by atoms with Crippen molar-refractivity contribution in [1.29, 1.82) is 0 Å². The summed E-state index contributed by atoms with van der Waals surface area (Å²) in [5.41, 5.74) is 2.07. The second-order valence-corrected chi connectivity index (χ2v) is 9.23.